The molecule has 0 aliphatic rings. The average molecular weight is 315 g/mol. The molecular formula is C12H11F6NO2. The third kappa shape index (κ3) is 3.06. The molecule has 0 radical (unpaired) electrons. The van der Waals surface area contributed by atoms with E-state index in [-0.39, 0.29) is 5.69 Å². The van der Waals surface area contributed by atoms with Crippen LogP contribution in [0, 0.1) is 0 Å². The summed E-state index contributed by atoms with van der Waals surface area (Å²) in [6, 6.07) is 3.00. The van der Waals surface area contributed by atoms with Crippen LogP contribution < -0.4 is 5.73 Å². The molecule has 118 valence electrons. The van der Waals surface area contributed by atoms with Gasteiger partial charge in [0.25, 0.3) is 0 Å². The number of methoxy groups -OCH3 is 1. The van der Waals surface area contributed by atoms with Gasteiger partial charge in [-0.3, -0.25) is 4.79 Å². The van der Waals surface area contributed by atoms with Crippen LogP contribution in [0.25, 0.3) is 0 Å². The highest BCUT2D eigenvalue weighted by molar-refractivity contribution is 5.72. The molecule has 0 heterocycles. The molecule has 0 unspecified atom stereocenters. The van der Waals surface area contributed by atoms with Crippen LogP contribution in [0.4, 0.5) is 32.0 Å². The van der Waals surface area contributed by atoms with Gasteiger partial charge in [-0.05, 0) is 17.7 Å². The van der Waals surface area contributed by atoms with Crippen molar-refractivity contribution in [2.75, 3.05) is 12.8 Å². The normalized spacial score (nSPS) is 13.1. The minimum Gasteiger partial charge on any atom is -0.469 e. The van der Waals surface area contributed by atoms with Gasteiger partial charge in [0.15, 0.2) is 5.41 Å². The fraction of sp³-hybridized carbons (Fsp3) is 0.417. The molecule has 3 nitrogen and oxygen atoms in total. The fourth-order valence-electron chi connectivity index (χ4n) is 1.85. The number of anilines is 1. The Kier molecular flexibility index (Phi) is 4.45. The van der Waals surface area contributed by atoms with E-state index in [1.165, 1.54) is 0 Å². The van der Waals surface area contributed by atoms with E-state index < -0.39 is 35.7 Å². The van der Waals surface area contributed by atoms with E-state index in [1.54, 1.807) is 0 Å². The Hall–Kier alpha value is -1.93. The maximum Gasteiger partial charge on any atom is 0.407 e. The van der Waals surface area contributed by atoms with Crippen LogP contribution in [0.5, 0.6) is 0 Å². The number of hydrogen-bond donors (Lipinski definition) is 1. The van der Waals surface area contributed by atoms with Gasteiger partial charge in [-0.1, -0.05) is 12.1 Å². The molecule has 1 rings (SSSR count). The van der Waals surface area contributed by atoms with Crippen molar-refractivity contribution in [3.05, 3.63) is 29.8 Å². The van der Waals surface area contributed by atoms with Crippen LogP contribution in [0.2, 0.25) is 0 Å². The molecule has 0 saturated heterocycles. The quantitative estimate of drug-likeness (QED) is 0.529. The molecule has 0 amide bonds. The SMILES string of the molecule is COC(=O)CC(c1ccc(N)cc1)(C(F)(F)F)C(F)(F)F. The number of carbonyl (C=O) groups is 1. The fourth-order valence-corrected chi connectivity index (χ4v) is 1.85. The number of nitrogen functional groups attached to an aromatic ring is 1. The van der Waals surface area contributed by atoms with Gasteiger partial charge in [0.05, 0.1) is 13.5 Å². The number of halogens is 6. The van der Waals surface area contributed by atoms with Crippen molar-refractivity contribution in [2.45, 2.75) is 24.2 Å². The molecule has 0 bridgehead atoms. The summed E-state index contributed by atoms with van der Waals surface area (Å²) in [5.41, 5.74) is -0.213. The number of nitrogens with two attached hydrogens (primary N) is 1. The highest BCUT2D eigenvalue weighted by Gasteiger charge is 2.72. The summed E-state index contributed by atoms with van der Waals surface area (Å²) >= 11 is 0. The van der Waals surface area contributed by atoms with Crippen molar-refractivity contribution in [2.24, 2.45) is 0 Å². The molecule has 2 N–H and O–H groups in total. The topological polar surface area (TPSA) is 52.3 Å². The van der Waals surface area contributed by atoms with Crippen LogP contribution in [0.1, 0.15) is 12.0 Å². The summed E-state index contributed by atoms with van der Waals surface area (Å²) < 4.78 is 83.1. The molecule has 1 aromatic rings. The number of benzene rings is 1. The third-order valence-corrected chi connectivity index (χ3v) is 3.01. The maximum atomic E-state index is 13.2. The van der Waals surface area contributed by atoms with E-state index in [0.29, 0.717) is 19.2 Å². The Morgan fingerprint density at radius 2 is 1.48 bits per heavy atom. The van der Waals surface area contributed by atoms with E-state index >= 15 is 0 Å². The standard InChI is InChI=1S/C12H11F6NO2/c1-21-9(20)6-10(11(13,14)15,12(16,17)18)7-2-4-8(19)5-3-7/h2-5H,6,19H2,1H3. The summed E-state index contributed by atoms with van der Waals surface area (Å²) in [4.78, 5) is 11.1. The first-order valence-corrected chi connectivity index (χ1v) is 5.52. The van der Waals surface area contributed by atoms with Gasteiger partial charge in [0, 0.05) is 5.69 Å². The van der Waals surface area contributed by atoms with Gasteiger partial charge in [-0.25, -0.2) is 0 Å². The van der Waals surface area contributed by atoms with Crippen molar-refractivity contribution in [1.82, 2.24) is 0 Å². The molecule has 0 aromatic heterocycles. The third-order valence-electron chi connectivity index (χ3n) is 3.01. The Bertz CT molecular complexity index is 492. The summed E-state index contributed by atoms with van der Waals surface area (Å²) in [6.07, 6.45) is -13.4. The van der Waals surface area contributed by atoms with Crippen molar-refractivity contribution >= 4 is 11.7 Å². The smallest absolute Gasteiger partial charge is 0.407 e. The van der Waals surface area contributed by atoms with Crippen molar-refractivity contribution in [3.8, 4) is 0 Å². The molecule has 0 aliphatic heterocycles. The lowest BCUT2D eigenvalue weighted by molar-refractivity contribution is -0.304. The first-order valence-electron chi connectivity index (χ1n) is 5.52. The van der Waals surface area contributed by atoms with Crippen molar-refractivity contribution in [1.29, 1.82) is 0 Å². The van der Waals surface area contributed by atoms with Crippen LogP contribution in [0.15, 0.2) is 24.3 Å². The van der Waals surface area contributed by atoms with E-state index in [2.05, 4.69) is 4.74 Å². The number of ether oxygens (including phenoxy) is 1. The Balaban J connectivity index is 3.59. The predicted octanol–water partition coefficient (Wildman–Crippen LogP) is 3.19. The summed E-state index contributed by atoms with van der Waals surface area (Å²) in [7, 11) is 0.711. The lowest BCUT2D eigenvalue weighted by atomic mass is 9.76. The monoisotopic (exact) mass is 315 g/mol. The number of hydrogen-bond acceptors (Lipinski definition) is 3. The second kappa shape index (κ2) is 5.45. The van der Waals surface area contributed by atoms with Crippen LogP contribution >= 0.6 is 0 Å². The zero-order valence-corrected chi connectivity index (χ0v) is 10.7. The van der Waals surface area contributed by atoms with E-state index in [4.69, 9.17) is 5.73 Å². The summed E-state index contributed by atoms with van der Waals surface area (Å²) in [6.45, 7) is 0. The Labute approximate surface area is 115 Å². The van der Waals surface area contributed by atoms with Gasteiger partial charge in [-0.2, -0.15) is 26.3 Å². The molecule has 0 atom stereocenters. The van der Waals surface area contributed by atoms with Crippen molar-refractivity contribution in [3.63, 3.8) is 0 Å². The zero-order valence-electron chi connectivity index (χ0n) is 10.7. The minimum absolute atomic E-state index is 0.00457. The minimum atomic E-state index is -5.74. The van der Waals surface area contributed by atoms with Gasteiger partial charge < -0.3 is 10.5 Å². The van der Waals surface area contributed by atoms with Gasteiger partial charge in [-0.15, -0.1) is 0 Å². The Morgan fingerprint density at radius 3 is 1.81 bits per heavy atom. The van der Waals surface area contributed by atoms with Crippen LogP contribution in [0.3, 0.4) is 0 Å². The van der Waals surface area contributed by atoms with E-state index in [0.717, 1.165) is 12.1 Å². The lowest BCUT2D eigenvalue weighted by Gasteiger charge is -2.36. The predicted molar refractivity (Wildman–Crippen MR) is 61.3 cm³/mol. The van der Waals surface area contributed by atoms with Crippen LogP contribution in [-0.2, 0) is 14.9 Å². The van der Waals surface area contributed by atoms with Crippen LogP contribution in [-0.4, -0.2) is 25.4 Å². The molecule has 0 aliphatic carbocycles. The Morgan fingerprint density at radius 1 is 1.05 bits per heavy atom. The molecule has 21 heavy (non-hydrogen) atoms. The molecule has 0 spiro atoms. The maximum absolute atomic E-state index is 13.2. The molecular weight excluding hydrogens is 304 g/mol. The van der Waals surface area contributed by atoms with Crippen molar-refractivity contribution < 1.29 is 35.9 Å². The van der Waals surface area contributed by atoms with E-state index in [1.807, 2.05) is 0 Å². The molecule has 1 aromatic carbocycles. The summed E-state index contributed by atoms with van der Waals surface area (Å²) in [5, 5.41) is 0. The number of esters is 1. The second-order valence-electron chi connectivity index (χ2n) is 4.28. The number of carbonyl (C=O) groups excluding carboxylic acids is 1. The van der Waals surface area contributed by atoms with Gasteiger partial charge in [0.1, 0.15) is 0 Å². The molecule has 0 fully saturated rings. The van der Waals surface area contributed by atoms with E-state index in [9.17, 15) is 31.1 Å². The van der Waals surface area contributed by atoms with Gasteiger partial charge >= 0.3 is 18.3 Å². The summed E-state index contributed by atoms with van der Waals surface area (Å²) in [5.74, 6) is -1.62. The first-order chi connectivity index (χ1) is 9.45. The zero-order chi connectivity index (χ0) is 16.5. The molecule has 0 saturated carbocycles. The number of alkyl halides is 6. The molecule has 9 heteroatoms. The van der Waals surface area contributed by atoms with Gasteiger partial charge in [0.2, 0.25) is 0 Å². The average Bonchev–Trinajstić information content (AvgIpc) is 2.33. The number of rotatable bonds is 3. The highest BCUT2D eigenvalue weighted by atomic mass is 19.4. The second-order valence-corrected chi connectivity index (χ2v) is 4.28. The largest absolute Gasteiger partial charge is 0.469 e. The highest BCUT2D eigenvalue weighted by Crippen LogP contribution is 2.54. The lowest BCUT2D eigenvalue weighted by Crippen LogP contribution is -2.55. The first kappa shape index (κ1) is 17.1.